The monoisotopic (exact) mass is 471 g/mol. The second-order valence-corrected chi connectivity index (χ2v) is 8.30. The number of H-pyrrole nitrogens is 1. The van der Waals surface area contributed by atoms with E-state index in [-0.39, 0.29) is 0 Å². The number of rotatable bonds is 9. The van der Waals surface area contributed by atoms with Crippen LogP contribution in [-0.4, -0.2) is 52.7 Å². The Morgan fingerprint density at radius 1 is 1.09 bits per heavy atom. The molecule has 0 aliphatic carbocycles. The first kappa shape index (κ1) is 24.7. The second kappa shape index (κ2) is 10.3. The fourth-order valence-electron chi connectivity index (χ4n) is 3.69. The molecular formula is C24H26FN3O6. The number of carbonyl (C=O) groups excluding carboxylic acids is 3. The first-order valence-corrected chi connectivity index (χ1v) is 10.7. The highest BCUT2D eigenvalue weighted by atomic mass is 19.1. The molecule has 0 bridgehead atoms. The predicted octanol–water partition coefficient (Wildman–Crippen LogP) is 3.70. The number of carboxylic acids is 1. The lowest BCUT2D eigenvalue weighted by Gasteiger charge is -2.23. The van der Waals surface area contributed by atoms with E-state index in [2.05, 4.69) is 15.6 Å². The molecule has 0 spiro atoms. The van der Waals surface area contributed by atoms with Gasteiger partial charge in [0, 0.05) is 16.3 Å². The molecule has 1 aromatic heterocycles. The van der Waals surface area contributed by atoms with E-state index in [1.54, 1.807) is 13.8 Å². The van der Waals surface area contributed by atoms with E-state index in [4.69, 9.17) is 9.84 Å². The first-order valence-electron chi connectivity index (χ1n) is 10.7. The number of Topliss-reactive ketones (excluding diaryl/α,β-unsaturated/α-hetero) is 1. The number of aromatic nitrogens is 1. The summed E-state index contributed by atoms with van der Waals surface area (Å²) in [6, 6.07) is 9.90. The maximum atomic E-state index is 12.8. The van der Waals surface area contributed by atoms with E-state index in [0.29, 0.717) is 11.2 Å². The van der Waals surface area contributed by atoms with Gasteiger partial charge < -0.3 is 20.1 Å². The Morgan fingerprint density at radius 2 is 1.79 bits per heavy atom. The SMILES string of the molecule is Cc1ccc2c([nH]c3ccccc32)c1NC(=O)O[C@H](C(=O)N[C@@H](CC(=O)O)C(=O)CF)C(C)C. The Morgan fingerprint density at radius 3 is 2.44 bits per heavy atom. The van der Waals surface area contributed by atoms with Crippen molar-refractivity contribution in [2.24, 2.45) is 5.92 Å². The van der Waals surface area contributed by atoms with Crippen LogP contribution in [0.2, 0.25) is 0 Å². The number of aryl methyl sites for hydroxylation is 1. The summed E-state index contributed by atoms with van der Waals surface area (Å²) in [5.74, 6) is -3.86. The third kappa shape index (κ3) is 5.33. The number of ether oxygens (including phenoxy) is 1. The van der Waals surface area contributed by atoms with E-state index in [1.807, 2.05) is 43.3 Å². The van der Waals surface area contributed by atoms with Crippen LogP contribution in [0, 0.1) is 12.8 Å². The number of fused-ring (bicyclic) bond motifs is 3. The number of carboxylic acid groups (broad SMARTS) is 1. The van der Waals surface area contributed by atoms with E-state index in [1.165, 1.54) is 0 Å². The molecule has 3 aromatic rings. The predicted molar refractivity (Wildman–Crippen MR) is 124 cm³/mol. The van der Waals surface area contributed by atoms with Crippen LogP contribution in [0.15, 0.2) is 36.4 Å². The van der Waals surface area contributed by atoms with Crippen LogP contribution in [-0.2, 0) is 19.1 Å². The zero-order valence-electron chi connectivity index (χ0n) is 19.0. The smallest absolute Gasteiger partial charge is 0.412 e. The number of halogens is 1. The van der Waals surface area contributed by atoms with E-state index in [9.17, 15) is 23.6 Å². The molecule has 0 saturated carbocycles. The van der Waals surface area contributed by atoms with E-state index in [0.717, 1.165) is 21.9 Å². The van der Waals surface area contributed by atoms with Crippen molar-refractivity contribution in [3.8, 4) is 0 Å². The molecule has 2 amide bonds. The summed E-state index contributed by atoms with van der Waals surface area (Å²) in [5.41, 5.74) is 2.83. The maximum Gasteiger partial charge on any atom is 0.412 e. The molecule has 9 nitrogen and oxygen atoms in total. The van der Waals surface area contributed by atoms with Crippen LogP contribution in [0.4, 0.5) is 14.9 Å². The molecule has 0 radical (unpaired) electrons. The number of para-hydroxylation sites is 1. The van der Waals surface area contributed by atoms with Gasteiger partial charge in [-0.3, -0.25) is 19.7 Å². The number of ketones is 1. The summed E-state index contributed by atoms with van der Waals surface area (Å²) in [5, 5.41) is 15.7. The molecule has 0 aliphatic heterocycles. The molecule has 34 heavy (non-hydrogen) atoms. The largest absolute Gasteiger partial charge is 0.481 e. The zero-order valence-corrected chi connectivity index (χ0v) is 19.0. The van der Waals surface area contributed by atoms with Crippen molar-refractivity contribution in [3.63, 3.8) is 0 Å². The van der Waals surface area contributed by atoms with E-state index < -0.39 is 54.9 Å². The molecule has 0 saturated heterocycles. The zero-order chi connectivity index (χ0) is 25.0. The van der Waals surface area contributed by atoms with Gasteiger partial charge in [0.1, 0.15) is 12.7 Å². The Labute approximate surface area is 194 Å². The van der Waals surface area contributed by atoms with Crippen LogP contribution in [0.5, 0.6) is 0 Å². The summed E-state index contributed by atoms with van der Waals surface area (Å²) in [7, 11) is 0. The first-order chi connectivity index (χ1) is 16.1. The van der Waals surface area contributed by atoms with Gasteiger partial charge in [-0.15, -0.1) is 0 Å². The summed E-state index contributed by atoms with van der Waals surface area (Å²) in [4.78, 5) is 51.4. The summed E-state index contributed by atoms with van der Waals surface area (Å²) < 4.78 is 18.1. The number of alkyl halides is 1. The molecule has 4 N–H and O–H groups in total. The van der Waals surface area contributed by atoms with Crippen LogP contribution >= 0.6 is 0 Å². The van der Waals surface area contributed by atoms with Crippen molar-refractivity contribution in [1.29, 1.82) is 0 Å². The van der Waals surface area contributed by atoms with Gasteiger partial charge in [0.15, 0.2) is 11.9 Å². The second-order valence-electron chi connectivity index (χ2n) is 8.30. The van der Waals surface area contributed by atoms with Gasteiger partial charge in [-0.25, -0.2) is 9.18 Å². The highest BCUT2D eigenvalue weighted by molar-refractivity contribution is 6.13. The minimum atomic E-state index is -1.56. The van der Waals surface area contributed by atoms with Gasteiger partial charge >= 0.3 is 12.1 Å². The van der Waals surface area contributed by atoms with Crippen molar-refractivity contribution < 1.29 is 33.4 Å². The van der Waals surface area contributed by atoms with Crippen molar-refractivity contribution in [2.75, 3.05) is 12.0 Å². The molecule has 3 rings (SSSR count). The van der Waals surface area contributed by atoms with Crippen LogP contribution < -0.4 is 10.6 Å². The summed E-state index contributed by atoms with van der Waals surface area (Å²) in [6.07, 6.45) is -3.03. The molecule has 2 aromatic carbocycles. The Hall–Kier alpha value is -3.95. The highest BCUT2D eigenvalue weighted by Gasteiger charge is 2.31. The molecular weight excluding hydrogens is 445 g/mol. The number of hydrogen-bond acceptors (Lipinski definition) is 5. The van der Waals surface area contributed by atoms with E-state index >= 15 is 0 Å². The fourth-order valence-corrected chi connectivity index (χ4v) is 3.69. The van der Waals surface area contributed by atoms with Gasteiger partial charge in [-0.1, -0.05) is 44.2 Å². The average Bonchev–Trinajstić information content (AvgIpc) is 3.16. The number of amides is 2. The van der Waals surface area contributed by atoms with Crippen LogP contribution in [0.25, 0.3) is 21.8 Å². The minimum Gasteiger partial charge on any atom is -0.481 e. The number of aromatic amines is 1. The van der Waals surface area contributed by atoms with Crippen molar-refractivity contribution >= 4 is 51.2 Å². The van der Waals surface area contributed by atoms with Gasteiger partial charge in [-0.05, 0) is 24.5 Å². The number of aliphatic carboxylic acids is 1. The van der Waals surface area contributed by atoms with Gasteiger partial charge in [0.2, 0.25) is 0 Å². The molecule has 10 heteroatoms. The number of nitrogens with one attached hydrogen (secondary N) is 3. The Balaban J connectivity index is 1.81. The molecule has 0 aliphatic rings. The minimum absolute atomic E-state index is 0.484. The summed E-state index contributed by atoms with van der Waals surface area (Å²) >= 11 is 0. The topological polar surface area (TPSA) is 138 Å². The van der Waals surface area contributed by atoms with Gasteiger partial charge in [0.05, 0.1) is 17.6 Å². The molecule has 1 heterocycles. The van der Waals surface area contributed by atoms with Gasteiger partial charge in [0.25, 0.3) is 5.91 Å². The highest BCUT2D eigenvalue weighted by Crippen LogP contribution is 2.32. The van der Waals surface area contributed by atoms with Crippen LogP contribution in [0.1, 0.15) is 25.8 Å². The fraction of sp³-hybridized carbons (Fsp3) is 0.333. The van der Waals surface area contributed by atoms with Crippen LogP contribution in [0.3, 0.4) is 0 Å². The molecule has 0 unspecified atom stereocenters. The lowest BCUT2D eigenvalue weighted by atomic mass is 10.0. The number of anilines is 1. The van der Waals surface area contributed by atoms with Gasteiger partial charge in [-0.2, -0.15) is 0 Å². The Kier molecular flexibility index (Phi) is 7.50. The lowest BCUT2D eigenvalue weighted by molar-refractivity contribution is -0.141. The molecule has 2 atom stereocenters. The quantitative estimate of drug-likeness (QED) is 0.375. The Bertz CT molecular complexity index is 1250. The van der Waals surface area contributed by atoms with Crippen molar-refractivity contribution in [2.45, 2.75) is 39.3 Å². The number of carbonyl (C=O) groups is 4. The average molecular weight is 471 g/mol. The third-order valence-corrected chi connectivity index (χ3v) is 5.43. The maximum absolute atomic E-state index is 12.8. The number of hydrogen-bond donors (Lipinski definition) is 4. The normalized spacial score (nSPS) is 13.0. The molecule has 180 valence electrons. The lowest BCUT2D eigenvalue weighted by Crippen LogP contribution is -2.49. The van der Waals surface area contributed by atoms with Crippen molar-refractivity contribution in [3.05, 3.63) is 42.0 Å². The third-order valence-electron chi connectivity index (χ3n) is 5.43. The standard InChI is InChI=1S/C24H26FN3O6/c1-12(2)22(23(32)27-17(10-19(30)31)18(29)11-25)34-24(33)28-20-13(3)8-9-15-14-6-4-5-7-16(14)26-21(15)20/h4-9,12,17,22,26H,10-11H2,1-3H3,(H,27,32)(H,28,33)(H,30,31)/t17-,22-/m0/s1. The number of benzene rings is 2. The van der Waals surface area contributed by atoms with Crippen molar-refractivity contribution in [1.82, 2.24) is 10.3 Å². The molecule has 0 fully saturated rings. The summed E-state index contributed by atoms with van der Waals surface area (Å²) in [6.45, 7) is 3.61.